The molecule has 1 saturated heterocycles. The van der Waals surface area contributed by atoms with Gasteiger partial charge in [0.2, 0.25) is 0 Å². The zero-order chi connectivity index (χ0) is 24.1. The van der Waals surface area contributed by atoms with Crippen LogP contribution in [0.3, 0.4) is 0 Å². The van der Waals surface area contributed by atoms with Gasteiger partial charge < -0.3 is 9.84 Å². The summed E-state index contributed by atoms with van der Waals surface area (Å²) in [5.41, 5.74) is 3.75. The number of benzene rings is 3. The van der Waals surface area contributed by atoms with Gasteiger partial charge in [-0.05, 0) is 85.0 Å². The third-order valence-corrected chi connectivity index (χ3v) is 7.87. The first-order valence-electron chi connectivity index (χ1n) is 11.5. The minimum absolute atomic E-state index is 0.0946. The number of likely N-dealkylation sites (tertiary alicyclic amines) is 1. The summed E-state index contributed by atoms with van der Waals surface area (Å²) in [6.45, 7) is 4.32. The van der Waals surface area contributed by atoms with Crippen LogP contribution in [-0.2, 0) is 28.7 Å². The molecular formula is C27H30FNO4S. The summed E-state index contributed by atoms with van der Waals surface area (Å²) in [5, 5.41) is 9.50. The van der Waals surface area contributed by atoms with Crippen molar-refractivity contribution in [3.8, 4) is 5.75 Å². The highest BCUT2D eigenvalue weighted by Gasteiger charge is 2.23. The molecule has 3 aromatic carbocycles. The van der Waals surface area contributed by atoms with E-state index in [9.17, 15) is 17.9 Å². The van der Waals surface area contributed by atoms with Crippen molar-refractivity contribution in [1.29, 1.82) is 0 Å². The summed E-state index contributed by atoms with van der Waals surface area (Å²) in [5.74, 6) is -0.0451. The fourth-order valence-electron chi connectivity index (χ4n) is 4.39. The fourth-order valence-corrected chi connectivity index (χ4v) is 5.71. The second-order valence-corrected chi connectivity index (χ2v) is 10.9. The zero-order valence-electron chi connectivity index (χ0n) is 19.3. The number of aliphatic hydroxyl groups excluding tert-OH is 1. The first-order chi connectivity index (χ1) is 16.3. The Hall–Kier alpha value is -2.74. The van der Waals surface area contributed by atoms with Gasteiger partial charge in [0.1, 0.15) is 18.2 Å². The summed E-state index contributed by atoms with van der Waals surface area (Å²) in [6, 6.07) is 18.8. The van der Waals surface area contributed by atoms with Crippen LogP contribution in [0.25, 0.3) is 0 Å². The standard InChI is InChI=1S/C27H30FNO4S/c1-20-13-23(19-34(31,32)27-10-8-24(28)9-11-27)15-26(14-20)33-18-22-6-4-21(5-7-22)16-29-12-2-3-25(29)17-30/h4-11,13-15,25,30H,2-3,12,16-19H2,1H3/t25-/m1/s1. The van der Waals surface area contributed by atoms with Crippen molar-refractivity contribution in [2.45, 2.75) is 49.6 Å². The van der Waals surface area contributed by atoms with Crippen LogP contribution in [0.4, 0.5) is 4.39 Å². The number of sulfone groups is 1. The van der Waals surface area contributed by atoms with Crippen molar-refractivity contribution in [2.24, 2.45) is 0 Å². The molecular weight excluding hydrogens is 453 g/mol. The number of aliphatic hydroxyl groups is 1. The van der Waals surface area contributed by atoms with Crippen LogP contribution in [0.1, 0.15) is 35.1 Å². The molecule has 180 valence electrons. The molecule has 7 heteroatoms. The summed E-state index contributed by atoms with van der Waals surface area (Å²) >= 11 is 0. The lowest BCUT2D eigenvalue weighted by Crippen LogP contribution is -2.31. The van der Waals surface area contributed by atoms with E-state index in [0.29, 0.717) is 17.9 Å². The highest BCUT2D eigenvalue weighted by atomic mass is 32.2. The normalized spacial score (nSPS) is 16.6. The van der Waals surface area contributed by atoms with Gasteiger partial charge in [0.05, 0.1) is 17.3 Å². The van der Waals surface area contributed by atoms with Crippen LogP contribution in [0.15, 0.2) is 71.6 Å². The summed E-state index contributed by atoms with van der Waals surface area (Å²) in [7, 11) is -3.59. The molecule has 0 spiro atoms. The highest BCUT2D eigenvalue weighted by molar-refractivity contribution is 7.90. The Morgan fingerprint density at radius 3 is 2.41 bits per heavy atom. The topological polar surface area (TPSA) is 66.8 Å². The molecule has 1 heterocycles. The van der Waals surface area contributed by atoms with Crippen molar-refractivity contribution in [3.05, 3.63) is 94.8 Å². The van der Waals surface area contributed by atoms with E-state index in [2.05, 4.69) is 17.0 Å². The number of hydrogen-bond donors (Lipinski definition) is 1. The Balaban J connectivity index is 1.38. The van der Waals surface area contributed by atoms with E-state index in [0.717, 1.165) is 49.2 Å². The predicted octanol–water partition coefficient (Wildman–Crippen LogP) is 4.64. The number of nitrogens with zero attached hydrogens (tertiary/aromatic N) is 1. The van der Waals surface area contributed by atoms with Gasteiger partial charge in [-0.2, -0.15) is 0 Å². The lowest BCUT2D eigenvalue weighted by atomic mass is 10.1. The lowest BCUT2D eigenvalue weighted by Gasteiger charge is -2.22. The Morgan fingerprint density at radius 1 is 1.00 bits per heavy atom. The monoisotopic (exact) mass is 483 g/mol. The Bertz CT molecular complexity index is 1210. The third-order valence-electron chi connectivity index (χ3n) is 6.16. The first kappa shape index (κ1) is 24.4. The molecule has 1 aliphatic heterocycles. The van der Waals surface area contributed by atoms with Crippen molar-refractivity contribution < 1.29 is 22.7 Å². The van der Waals surface area contributed by atoms with Crippen LogP contribution in [0.2, 0.25) is 0 Å². The maximum atomic E-state index is 13.2. The van der Waals surface area contributed by atoms with Gasteiger partial charge >= 0.3 is 0 Å². The van der Waals surface area contributed by atoms with E-state index in [-0.39, 0.29) is 23.3 Å². The van der Waals surface area contributed by atoms with Crippen LogP contribution in [0, 0.1) is 12.7 Å². The third kappa shape index (κ3) is 6.23. The minimum atomic E-state index is -3.59. The molecule has 0 unspecified atom stereocenters. The van der Waals surface area contributed by atoms with Gasteiger partial charge in [0.15, 0.2) is 9.84 Å². The average molecular weight is 484 g/mol. The van der Waals surface area contributed by atoms with E-state index in [1.54, 1.807) is 6.07 Å². The summed E-state index contributed by atoms with van der Waals surface area (Å²) in [6.07, 6.45) is 2.17. The molecule has 3 aromatic rings. The van der Waals surface area contributed by atoms with Gasteiger partial charge in [0, 0.05) is 12.6 Å². The predicted molar refractivity (Wildman–Crippen MR) is 130 cm³/mol. The van der Waals surface area contributed by atoms with Gasteiger partial charge in [-0.25, -0.2) is 12.8 Å². The van der Waals surface area contributed by atoms with E-state index in [1.165, 1.54) is 17.7 Å². The van der Waals surface area contributed by atoms with Gasteiger partial charge in [-0.1, -0.05) is 30.3 Å². The zero-order valence-corrected chi connectivity index (χ0v) is 20.1. The van der Waals surface area contributed by atoms with Crippen LogP contribution in [-0.4, -0.2) is 37.6 Å². The molecule has 1 fully saturated rings. The molecule has 0 bridgehead atoms. The van der Waals surface area contributed by atoms with Gasteiger partial charge in [0.25, 0.3) is 0 Å². The molecule has 34 heavy (non-hydrogen) atoms. The minimum Gasteiger partial charge on any atom is -0.489 e. The van der Waals surface area contributed by atoms with Gasteiger partial charge in [-0.3, -0.25) is 4.90 Å². The smallest absolute Gasteiger partial charge is 0.182 e. The highest BCUT2D eigenvalue weighted by Crippen LogP contribution is 2.24. The van der Waals surface area contributed by atoms with Crippen LogP contribution < -0.4 is 4.74 Å². The molecule has 1 atom stereocenters. The molecule has 0 aliphatic carbocycles. The SMILES string of the molecule is Cc1cc(CS(=O)(=O)c2ccc(F)cc2)cc(OCc2ccc(CN3CCC[C@@H]3CO)cc2)c1. The van der Waals surface area contributed by atoms with E-state index in [1.807, 2.05) is 31.2 Å². The molecule has 0 radical (unpaired) electrons. The molecule has 5 nitrogen and oxygen atoms in total. The van der Waals surface area contributed by atoms with E-state index >= 15 is 0 Å². The number of aryl methyl sites for hydroxylation is 1. The fraction of sp³-hybridized carbons (Fsp3) is 0.333. The first-order valence-corrected chi connectivity index (χ1v) is 13.1. The number of hydrogen-bond acceptors (Lipinski definition) is 5. The molecule has 0 amide bonds. The quantitative estimate of drug-likeness (QED) is 0.449. The van der Waals surface area contributed by atoms with Crippen molar-refractivity contribution in [2.75, 3.05) is 13.2 Å². The molecule has 0 aromatic heterocycles. The Labute approximate surface area is 200 Å². The molecule has 0 saturated carbocycles. The van der Waals surface area contributed by atoms with Crippen molar-refractivity contribution >= 4 is 9.84 Å². The number of ether oxygens (including phenoxy) is 1. The molecule has 1 aliphatic rings. The second kappa shape index (κ2) is 10.7. The second-order valence-electron chi connectivity index (χ2n) is 8.92. The molecule has 4 rings (SSSR count). The van der Waals surface area contributed by atoms with Crippen molar-refractivity contribution in [1.82, 2.24) is 4.90 Å². The van der Waals surface area contributed by atoms with Crippen LogP contribution in [0.5, 0.6) is 5.75 Å². The number of halogens is 1. The lowest BCUT2D eigenvalue weighted by molar-refractivity contribution is 0.153. The van der Waals surface area contributed by atoms with E-state index < -0.39 is 15.7 Å². The summed E-state index contributed by atoms with van der Waals surface area (Å²) < 4.78 is 44.6. The number of rotatable bonds is 9. The maximum absolute atomic E-state index is 13.2. The maximum Gasteiger partial charge on any atom is 0.182 e. The Kier molecular flexibility index (Phi) is 7.66. The van der Waals surface area contributed by atoms with Gasteiger partial charge in [-0.15, -0.1) is 0 Å². The average Bonchev–Trinajstić information content (AvgIpc) is 3.25. The Morgan fingerprint density at radius 2 is 1.71 bits per heavy atom. The summed E-state index contributed by atoms with van der Waals surface area (Å²) in [4.78, 5) is 2.41. The van der Waals surface area contributed by atoms with Crippen molar-refractivity contribution in [3.63, 3.8) is 0 Å². The largest absolute Gasteiger partial charge is 0.489 e. The van der Waals surface area contributed by atoms with Crippen LogP contribution >= 0.6 is 0 Å². The van der Waals surface area contributed by atoms with E-state index in [4.69, 9.17) is 4.74 Å². The molecule has 1 N–H and O–H groups in total.